The first-order valence-electron chi connectivity index (χ1n) is 6.26. The lowest BCUT2D eigenvalue weighted by molar-refractivity contribution is 0.457. The number of thiocarbonyl (C=S) groups is 1. The number of hydrogen-bond donors (Lipinski definition) is 2. The van der Waals surface area contributed by atoms with E-state index in [1.807, 2.05) is 12.1 Å². The minimum absolute atomic E-state index is 0.390. The second kappa shape index (κ2) is 4.19. The van der Waals surface area contributed by atoms with E-state index in [0.29, 0.717) is 21.7 Å². The summed E-state index contributed by atoms with van der Waals surface area (Å²) in [4.78, 5) is 4.70. The van der Waals surface area contributed by atoms with E-state index in [9.17, 15) is 0 Å². The highest BCUT2D eigenvalue weighted by Crippen LogP contribution is 2.68. The third-order valence-electron chi connectivity index (χ3n) is 4.85. The molecule has 2 rings (SSSR count). The minimum Gasteiger partial charge on any atom is -0.389 e. The van der Waals surface area contributed by atoms with Gasteiger partial charge >= 0.3 is 0 Å². The fourth-order valence-corrected chi connectivity index (χ4v) is 2.86. The lowest BCUT2D eigenvalue weighted by Gasteiger charge is -2.08. The number of hydrogen-bond acceptors (Lipinski definition) is 3. The fraction of sp³-hybridized carbons (Fsp3) is 0.571. The van der Waals surface area contributed by atoms with Gasteiger partial charge in [0.05, 0.1) is 0 Å². The molecule has 3 nitrogen and oxygen atoms in total. The van der Waals surface area contributed by atoms with Crippen molar-refractivity contribution in [3.05, 3.63) is 23.9 Å². The third-order valence-corrected chi connectivity index (χ3v) is 5.09. The van der Waals surface area contributed by atoms with Crippen molar-refractivity contribution in [3.8, 4) is 0 Å². The van der Waals surface area contributed by atoms with Crippen molar-refractivity contribution in [2.24, 2.45) is 22.5 Å². The third kappa shape index (κ3) is 2.09. The molecular formula is C14H21N3S. The van der Waals surface area contributed by atoms with Crippen LogP contribution >= 0.6 is 12.2 Å². The normalized spacial score (nSPS) is 20.4. The van der Waals surface area contributed by atoms with Gasteiger partial charge in [0.25, 0.3) is 0 Å². The van der Waals surface area contributed by atoms with Crippen molar-refractivity contribution in [2.45, 2.75) is 27.7 Å². The largest absolute Gasteiger partial charge is 0.389 e. The summed E-state index contributed by atoms with van der Waals surface area (Å²) in [5.74, 6) is 1.51. The lowest BCUT2D eigenvalue weighted by Crippen LogP contribution is -2.12. The first-order chi connectivity index (χ1) is 8.26. The molecule has 98 valence electrons. The van der Waals surface area contributed by atoms with Crippen molar-refractivity contribution >= 4 is 23.0 Å². The van der Waals surface area contributed by atoms with Gasteiger partial charge in [-0.1, -0.05) is 39.9 Å². The molecule has 0 saturated heterocycles. The average Bonchev–Trinajstić information content (AvgIpc) is 2.67. The van der Waals surface area contributed by atoms with Gasteiger partial charge < -0.3 is 11.1 Å². The summed E-state index contributed by atoms with van der Waals surface area (Å²) in [6.45, 7) is 10.2. The first-order valence-corrected chi connectivity index (χ1v) is 6.67. The maximum absolute atomic E-state index is 5.61. The van der Waals surface area contributed by atoms with Gasteiger partial charge in [0, 0.05) is 18.3 Å². The van der Waals surface area contributed by atoms with E-state index in [-0.39, 0.29) is 0 Å². The zero-order chi connectivity index (χ0) is 13.6. The lowest BCUT2D eigenvalue weighted by atomic mass is 10.0. The standard InChI is InChI=1S/C14H21N3S/c1-13(2)10(14(13,3)4)8-17-11-7-9(12(15)18)5-6-16-11/h5-7,10H,8H2,1-4H3,(H2,15,18)(H,16,17). The average molecular weight is 263 g/mol. The molecule has 1 aromatic rings. The Balaban J connectivity index is 2.00. The van der Waals surface area contributed by atoms with E-state index < -0.39 is 0 Å². The molecule has 3 N–H and O–H groups in total. The molecule has 0 atom stereocenters. The highest BCUT2D eigenvalue weighted by Gasteiger charge is 2.64. The number of aromatic nitrogens is 1. The Hall–Kier alpha value is -1.16. The van der Waals surface area contributed by atoms with Crippen LogP contribution in [0.15, 0.2) is 18.3 Å². The SMILES string of the molecule is CC1(C)C(CNc2cc(C(N)=S)ccn2)C1(C)C. The number of pyridine rings is 1. The number of nitrogens with two attached hydrogens (primary N) is 1. The molecule has 1 heterocycles. The maximum atomic E-state index is 5.61. The quantitative estimate of drug-likeness (QED) is 0.820. The highest BCUT2D eigenvalue weighted by atomic mass is 32.1. The molecule has 0 spiro atoms. The van der Waals surface area contributed by atoms with Crippen molar-refractivity contribution in [3.63, 3.8) is 0 Å². The van der Waals surface area contributed by atoms with Crippen molar-refractivity contribution < 1.29 is 0 Å². The number of rotatable bonds is 4. The molecule has 1 aromatic heterocycles. The van der Waals surface area contributed by atoms with Crippen LogP contribution in [0, 0.1) is 16.7 Å². The summed E-state index contributed by atoms with van der Waals surface area (Å²) >= 11 is 4.96. The van der Waals surface area contributed by atoms with Crippen LogP contribution in [0.1, 0.15) is 33.3 Å². The molecule has 0 unspecified atom stereocenters. The van der Waals surface area contributed by atoms with E-state index >= 15 is 0 Å². The Kier molecular flexibility index (Phi) is 3.09. The van der Waals surface area contributed by atoms with E-state index in [1.165, 1.54) is 0 Å². The predicted molar refractivity (Wildman–Crippen MR) is 79.7 cm³/mol. The van der Waals surface area contributed by atoms with Crippen molar-refractivity contribution in [1.29, 1.82) is 0 Å². The monoisotopic (exact) mass is 263 g/mol. The molecular weight excluding hydrogens is 242 g/mol. The van der Waals surface area contributed by atoms with E-state index in [2.05, 4.69) is 38.0 Å². The summed E-state index contributed by atoms with van der Waals surface area (Å²) in [5, 5.41) is 3.39. The second-order valence-electron chi connectivity index (χ2n) is 6.17. The Bertz CT molecular complexity index is 466. The number of nitrogens with one attached hydrogen (secondary N) is 1. The number of anilines is 1. The second-order valence-corrected chi connectivity index (χ2v) is 6.61. The Morgan fingerprint density at radius 1 is 1.39 bits per heavy atom. The van der Waals surface area contributed by atoms with Crippen LogP contribution in [0.25, 0.3) is 0 Å². The minimum atomic E-state index is 0.390. The van der Waals surface area contributed by atoms with Gasteiger partial charge in [0.2, 0.25) is 0 Å². The van der Waals surface area contributed by atoms with Crippen LogP contribution in [0.4, 0.5) is 5.82 Å². The van der Waals surface area contributed by atoms with Gasteiger partial charge in [0.1, 0.15) is 10.8 Å². The molecule has 0 amide bonds. The molecule has 1 saturated carbocycles. The zero-order valence-electron chi connectivity index (χ0n) is 11.4. The fourth-order valence-electron chi connectivity index (χ4n) is 2.73. The molecule has 0 aliphatic heterocycles. The van der Waals surface area contributed by atoms with Gasteiger partial charge in [0.15, 0.2) is 0 Å². The van der Waals surface area contributed by atoms with Gasteiger partial charge in [-0.3, -0.25) is 0 Å². The van der Waals surface area contributed by atoms with Gasteiger partial charge in [-0.15, -0.1) is 0 Å². The van der Waals surface area contributed by atoms with Gasteiger partial charge in [-0.05, 0) is 28.9 Å². The molecule has 18 heavy (non-hydrogen) atoms. The molecule has 0 aromatic carbocycles. The van der Waals surface area contributed by atoms with Crippen LogP contribution in [0.2, 0.25) is 0 Å². The van der Waals surface area contributed by atoms with Crippen molar-refractivity contribution in [2.75, 3.05) is 11.9 Å². The summed E-state index contributed by atoms with van der Waals surface area (Å²) in [5.41, 5.74) is 7.25. The summed E-state index contributed by atoms with van der Waals surface area (Å²) in [7, 11) is 0. The predicted octanol–water partition coefficient (Wildman–Crippen LogP) is 2.81. The number of nitrogens with zero attached hydrogens (tertiary/aromatic N) is 1. The van der Waals surface area contributed by atoms with E-state index in [1.54, 1.807) is 6.20 Å². The maximum Gasteiger partial charge on any atom is 0.126 e. The Morgan fingerprint density at radius 2 is 2.00 bits per heavy atom. The van der Waals surface area contributed by atoms with Crippen LogP contribution in [0.3, 0.4) is 0 Å². The van der Waals surface area contributed by atoms with Gasteiger partial charge in [-0.25, -0.2) is 4.98 Å². The van der Waals surface area contributed by atoms with Crippen LogP contribution in [-0.2, 0) is 0 Å². The summed E-state index contributed by atoms with van der Waals surface area (Å²) < 4.78 is 0. The zero-order valence-corrected chi connectivity index (χ0v) is 12.3. The summed E-state index contributed by atoms with van der Waals surface area (Å²) in [6.07, 6.45) is 1.74. The van der Waals surface area contributed by atoms with Crippen molar-refractivity contribution in [1.82, 2.24) is 4.98 Å². The first kappa shape index (κ1) is 13.3. The van der Waals surface area contributed by atoms with Crippen LogP contribution in [0.5, 0.6) is 0 Å². The molecule has 1 fully saturated rings. The Labute approximate surface area is 114 Å². The van der Waals surface area contributed by atoms with Crippen LogP contribution < -0.4 is 11.1 Å². The van der Waals surface area contributed by atoms with E-state index in [0.717, 1.165) is 17.9 Å². The summed E-state index contributed by atoms with van der Waals surface area (Å²) in [6, 6.07) is 3.74. The molecule has 1 aliphatic rings. The Morgan fingerprint density at radius 3 is 2.50 bits per heavy atom. The van der Waals surface area contributed by atoms with Crippen LogP contribution in [-0.4, -0.2) is 16.5 Å². The molecule has 4 heteroatoms. The topological polar surface area (TPSA) is 50.9 Å². The highest BCUT2D eigenvalue weighted by molar-refractivity contribution is 7.80. The molecule has 0 radical (unpaired) electrons. The van der Waals surface area contributed by atoms with Gasteiger partial charge in [-0.2, -0.15) is 0 Å². The molecule has 1 aliphatic carbocycles. The molecule has 0 bridgehead atoms. The van der Waals surface area contributed by atoms with E-state index in [4.69, 9.17) is 18.0 Å². The smallest absolute Gasteiger partial charge is 0.126 e.